The van der Waals surface area contributed by atoms with Crippen molar-refractivity contribution in [3.8, 4) is 17.2 Å². The Bertz CT molecular complexity index is 508. The lowest BCUT2D eigenvalue weighted by atomic mass is 9.67. The summed E-state index contributed by atoms with van der Waals surface area (Å²) in [4.78, 5) is 0. The van der Waals surface area contributed by atoms with E-state index in [-0.39, 0.29) is 17.5 Å². The van der Waals surface area contributed by atoms with E-state index in [1.165, 1.54) is 5.56 Å². The van der Waals surface area contributed by atoms with Crippen LogP contribution in [0, 0.1) is 0 Å². The van der Waals surface area contributed by atoms with Crippen LogP contribution < -0.4 is 4.74 Å². The van der Waals surface area contributed by atoms with E-state index < -0.39 is 0 Å². The molecule has 0 saturated carbocycles. The minimum atomic E-state index is 0.0957. The van der Waals surface area contributed by atoms with Gasteiger partial charge in [-0.2, -0.15) is 0 Å². The molecular weight excluding hydrogens is 239 g/mol. The molecule has 2 N–H and O–H groups in total. The van der Waals surface area contributed by atoms with Crippen LogP contribution in [0.25, 0.3) is 0 Å². The molecule has 0 radical (unpaired) electrons. The predicted molar refractivity (Wildman–Crippen MR) is 77.2 cm³/mol. The highest BCUT2D eigenvalue weighted by Crippen LogP contribution is 2.17. The van der Waals surface area contributed by atoms with E-state index >= 15 is 0 Å². The molecule has 1 atom stereocenters. The maximum Gasteiger partial charge on any atom is 0.177 e. The molecule has 0 saturated heterocycles. The molecule has 1 unspecified atom stereocenters. The highest BCUT2D eigenvalue weighted by Gasteiger charge is 2.07. The number of hydrogen-bond acceptors (Lipinski definition) is 3. The van der Waals surface area contributed by atoms with Crippen molar-refractivity contribution in [2.45, 2.75) is 19.2 Å². The molecule has 0 fully saturated rings. The number of benzene rings is 2. The molecule has 98 valence electrons. The van der Waals surface area contributed by atoms with Gasteiger partial charge in [-0.05, 0) is 49.6 Å². The second-order valence-electron chi connectivity index (χ2n) is 4.63. The normalized spacial score (nSPS) is 11.8. The van der Waals surface area contributed by atoms with Crippen LogP contribution in [0.3, 0.4) is 0 Å². The third-order valence-electron chi connectivity index (χ3n) is 2.95. The van der Waals surface area contributed by atoms with Crippen molar-refractivity contribution >= 4 is 7.28 Å². The van der Waals surface area contributed by atoms with E-state index in [0.717, 1.165) is 19.3 Å². The van der Waals surface area contributed by atoms with E-state index in [1.54, 1.807) is 36.4 Å². The van der Waals surface area contributed by atoms with E-state index in [4.69, 9.17) is 4.74 Å². The Morgan fingerprint density at radius 1 is 0.947 bits per heavy atom. The standard InChI is InChI=1S/C15H17BO3/c1-11(19-15-8-6-14(18)7-9-15)16-10-12-2-4-13(17)5-3-12/h2-9,11,16-18H,10H2,1H3. The summed E-state index contributed by atoms with van der Waals surface area (Å²) in [6, 6.07) is 14.1. The molecule has 2 aromatic carbocycles. The van der Waals surface area contributed by atoms with Crippen LogP contribution in [0.5, 0.6) is 17.2 Å². The lowest BCUT2D eigenvalue weighted by Crippen LogP contribution is -2.22. The van der Waals surface area contributed by atoms with E-state index in [1.807, 2.05) is 19.1 Å². The third-order valence-corrected chi connectivity index (χ3v) is 2.95. The number of phenols is 2. The maximum absolute atomic E-state index is 9.21. The number of rotatable bonds is 5. The molecule has 0 bridgehead atoms. The van der Waals surface area contributed by atoms with Gasteiger partial charge < -0.3 is 14.9 Å². The summed E-state index contributed by atoms with van der Waals surface area (Å²) < 4.78 is 5.75. The van der Waals surface area contributed by atoms with E-state index in [9.17, 15) is 10.2 Å². The second kappa shape index (κ2) is 6.18. The first kappa shape index (κ1) is 13.3. The van der Waals surface area contributed by atoms with Crippen LogP contribution >= 0.6 is 0 Å². The van der Waals surface area contributed by atoms with Crippen molar-refractivity contribution in [2.75, 3.05) is 0 Å². The second-order valence-corrected chi connectivity index (χ2v) is 4.63. The zero-order chi connectivity index (χ0) is 13.7. The molecule has 2 rings (SSSR count). The van der Waals surface area contributed by atoms with Crippen LogP contribution in [0.15, 0.2) is 48.5 Å². The molecule has 0 aliphatic carbocycles. The zero-order valence-electron chi connectivity index (χ0n) is 10.9. The first-order valence-corrected chi connectivity index (χ1v) is 6.37. The van der Waals surface area contributed by atoms with Crippen LogP contribution in [-0.2, 0) is 6.32 Å². The average molecular weight is 256 g/mol. The van der Waals surface area contributed by atoms with Gasteiger partial charge in [0.05, 0.1) is 6.00 Å². The average Bonchev–Trinajstić information content (AvgIpc) is 2.41. The van der Waals surface area contributed by atoms with E-state index in [0.29, 0.717) is 0 Å². The topological polar surface area (TPSA) is 49.7 Å². The first-order valence-electron chi connectivity index (χ1n) is 6.37. The Hall–Kier alpha value is -2.10. The van der Waals surface area contributed by atoms with Gasteiger partial charge in [0, 0.05) is 0 Å². The number of ether oxygens (including phenoxy) is 1. The SMILES string of the molecule is CC(BCc1ccc(O)cc1)Oc1ccc(O)cc1. The number of aromatic hydroxyl groups is 2. The van der Waals surface area contributed by atoms with Crippen molar-refractivity contribution in [2.24, 2.45) is 0 Å². The fourth-order valence-electron chi connectivity index (χ4n) is 1.85. The summed E-state index contributed by atoms with van der Waals surface area (Å²) in [5.74, 6) is 1.29. The molecule has 19 heavy (non-hydrogen) atoms. The monoisotopic (exact) mass is 256 g/mol. The first-order chi connectivity index (χ1) is 9.13. The van der Waals surface area contributed by atoms with Gasteiger partial charge in [-0.15, -0.1) is 0 Å². The molecular formula is C15H17BO3. The lowest BCUT2D eigenvalue weighted by molar-refractivity contribution is 0.296. The smallest absolute Gasteiger partial charge is 0.177 e. The summed E-state index contributed by atoms with van der Waals surface area (Å²) in [6.45, 7) is 2.02. The van der Waals surface area contributed by atoms with E-state index in [2.05, 4.69) is 0 Å². The van der Waals surface area contributed by atoms with Gasteiger partial charge in [0.1, 0.15) is 17.2 Å². The lowest BCUT2D eigenvalue weighted by Gasteiger charge is -2.13. The van der Waals surface area contributed by atoms with Crippen LogP contribution in [-0.4, -0.2) is 23.5 Å². The van der Waals surface area contributed by atoms with Gasteiger partial charge in [0.15, 0.2) is 7.28 Å². The summed E-state index contributed by atoms with van der Waals surface area (Å²) in [5, 5.41) is 18.4. The summed E-state index contributed by atoms with van der Waals surface area (Å²) in [5.41, 5.74) is 1.18. The Morgan fingerprint density at radius 3 is 2.05 bits per heavy atom. The fraction of sp³-hybridized carbons (Fsp3) is 0.200. The Labute approximate surface area is 113 Å². The molecule has 4 heteroatoms. The quantitative estimate of drug-likeness (QED) is 0.808. The minimum absolute atomic E-state index is 0.0957. The van der Waals surface area contributed by atoms with Gasteiger partial charge in [-0.25, -0.2) is 0 Å². The Kier molecular flexibility index (Phi) is 4.34. The van der Waals surface area contributed by atoms with Gasteiger partial charge in [-0.1, -0.05) is 17.7 Å². The van der Waals surface area contributed by atoms with Crippen LogP contribution in [0.1, 0.15) is 12.5 Å². The molecule has 0 spiro atoms. The largest absolute Gasteiger partial charge is 0.508 e. The molecule has 0 amide bonds. The number of hydrogen-bond donors (Lipinski definition) is 2. The third kappa shape index (κ3) is 4.25. The molecule has 3 nitrogen and oxygen atoms in total. The van der Waals surface area contributed by atoms with Crippen LogP contribution in [0.2, 0.25) is 0 Å². The maximum atomic E-state index is 9.21. The molecule has 0 aliphatic rings. The Balaban J connectivity index is 1.82. The minimum Gasteiger partial charge on any atom is -0.508 e. The zero-order valence-corrected chi connectivity index (χ0v) is 10.9. The molecule has 0 aliphatic heterocycles. The highest BCUT2D eigenvalue weighted by atomic mass is 16.5. The molecule has 0 heterocycles. The summed E-state index contributed by atoms with van der Waals surface area (Å²) in [6.07, 6.45) is 0.902. The van der Waals surface area contributed by atoms with Gasteiger partial charge in [0.25, 0.3) is 0 Å². The van der Waals surface area contributed by atoms with Crippen LogP contribution in [0.4, 0.5) is 0 Å². The highest BCUT2D eigenvalue weighted by molar-refractivity contribution is 6.36. The molecule has 2 aromatic rings. The fourth-order valence-corrected chi connectivity index (χ4v) is 1.85. The summed E-state index contributed by atoms with van der Waals surface area (Å²) >= 11 is 0. The Morgan fingerprint density at radius 2 is 1.47 bits per heavy atom. The predicted octanol–water partition coefficient (Wildman–Crippen LogP) is 2.46. The van der Waals surface area contributed by atoms with Gasteiger partial charge >= 0.3 is 0 Å². The molecule has 0 aromatic heterocycles. The van der Waals surface area contributed by atoms with Crippen molar-refractivity contribution in [3.05, 3.63) is 54.1 Å². The van der Waals surface area contributed by atoms with Crippen molar-refractivity contribution in [1.82, 2.24) is 0 Å². The number of phenolic OH excluding ortho intramolecular Hbond substituents is 2. The van der Waals surface area contributed by atoms with Crippen molar-refractivity contribution in [3.63, 3.8) is 0 Å². The summed E-state index contributed by atoms with van der Waals surface area (Å²) in [7, 11) is 0.894. The van der Waals surface area contributed by atoms with Crippen molar-refractivity contribution < 1.29 is 14.9 Å². The van der Waals surface area contributed by atoms with Gasteiger partial charge in [-0.3, -0.25) is 0 Å². The van der Waals surface area contributed by atoms with Crippen molar-refractivity contribution in [1.29, 1.82) is 0 Å². The van der Waals surface area contributed by atoms with Gasteiger partial charge in [0.2, 0.25) is 0 Å².